The van der Waals surface area contributed by atoms with Crippen LogP contribution in [0.5, 0.6) is 0 Å². The highest BCUT2D eigenvalue weighted by Gasteiger charge is 2.53. The number of thiophene rings is 1. The van der Waals surface area contributed by atoms with Crippen LogP contribution in [0.2, 0.25) is 0 Å². The van der Waals surface area contributed by atoms with Crippen molar-refractivity contribution in [3.8, 4) is 0 Å². The summed E-state index contributed by atoms with van der Waals surface area (Å²) in [5, 5.41) is 1.73. The Bertz CT molecular complexity index is 1140. The normalized spacial score (nSPS) is 20.9. The average molecular weight is 445 g/mol. The molecule has 1 aromatic carbocycles. The van der Waals surface area contributed by atoms with Gasteiger partial charge in [0.2, 0.25) is 10.0 Å². The van der Waals surface area contributed by atoms with Crippen LogP contribution in [-0.2, 0) is 15.4 Å². The molecule has 2 saturated carbocycles. The third-order valence-corrected chi connectivity index (χ3v) is 8.54. The summed E-state index contributed by atoms with van der Waals surface area (Å²) in [6, 6.07) is 7.13. The largest absolute Gasteiger partial charge is 0.307 e. The Morgan fingerprint density at radius 3 is 2.43 bits per heavy atom. The Kier molecular flexibility index (Phi) is 4.38. The smallest absolute Gasteiger partial charge is 0.259 e. The molecule has 2 aromatic rings. The number of anilines is 2. The highest BCUT2D eigenvalue weighted by molar-refractivity contribution is 7.92. The molecule has 0 radical (unpaired) electrons. The Hall–Kier alpha value is -2.19. The second-order valence-corrected chi connectivity index (χ2v) is 11.8. The fraction of sp³-hybridized carbons (Fsp3) is 0.455. The maximum atomic E-state index is 13.3. The van der Waals surface area contributed by atoms with Crippen LogP contribution in [0.25, 0.3) is 0 Å². The molecule has 0 saturated heterocycles. The summed E-state index contributed by atoms with van der Waals surface area (Å²) in [5.41, 5.74) is 3.35. The molecular weight excluding hydrogens is 420 g/mol. The van der Waals surface area contributed by atoms with E-state index < -0.39 is 10.0 Å². The molecule has 1 N–H and O–H groups in total. The van der Waals surface area contributed by atoms with Gasteiger partial charge in [-0.1, -0.05) is 0 Å². The topological polar surface area (TPSA) is 83.6 Å². The molecule has 2 fully saturated rings. The number of aldehydes is 1. The van der Waals surface area contributed by atoms with E-state index in [-0.39, 0.29) is 11.3 Å². The van der Waals surface area contributed by atoms with Crippen LogP contribution in [0, 0.1) is 5.41 Å². The molecule has 0 atom stereocenters. The van der Waals surface area contributed by atoms with Crippen molar-refractivity contribution in [3.63, 3.8) is 0 Å². The number of rotatable bonds is 4. The van der Waals surface area contributed by atoms with Crippen molar-refractivity contribution in [3.05, 3.63) is 45.6 Å². The zero-order chi connectivity index (χ0) is 21.1. The highest BCUT2D eigenvalue weighted by Crippen LogP contribution is 2.62. The Labute approximate surface area is 180 Å². The lowest BCUT2D eigenvalue weighted by Gasteiger charge is -2.38. The van der Waals surface area contributed by atoms with Gasteiger partial charge in [-0.2, -0.15) is 0 Å². The van der Waals surface area contributed by atoms with E-state index in [4.69, 9.17) is 0 Å². The Morgan fingerprint density at radius 1 is 1.13 bits per heavy atom. The number of sulfonamides is 1. The number of hydrogen-bond acceptors (Lipinski definition) is 5. The minimum absolute atomic E-state index is 0.104. The summed E-state index contributed by atoms with van der Waals surface area (Å²) >= 11 is 1.27. The highest BCUT2D eigenvalue weighted by atomic mass is 32.2. The van der Waals surface area contributed by atoms with Gasteiger partial charge in [0.1, 0.15) is 0 Å². The van der Waals surface area contributed by atoms with E-state index in [0.717, 1.165) is 49.5 Å². The monoisotopic (exact) mass is 444 g/mol. The maximum Gasteiger partial charge on any atom is 0.259 e. The van der Waals surface area contributed by atoms with Gasteiger partial charge in [-0.25, -0.2) is 8.42 Å². The van der Waals surface area contributed by atoms with Crippen LogP contribution < -0.4 is 9.62 Å². The van der Waals surface area contributed by atoms with Gasteiger partial charge < -0.3 is 4.90 Å². The third-order valence-electron chi connectivity index (χ3n) is 7.08. The van der Waals surface area contributed by atoms with Crippen LogP contribution >= 0.6 is 11.3 Å². The lowest BCUT2D eigenvalue weighted by Crippen LogP contribution is -2.39. The van der Waals surface area contributed by atoms with E-state index in [1.807, 2.05) is 17.0 Å². The Morgan fingerprint density at radius 2 is 1.83 bits per heavy atom. The molecule has 2 heterocycles. The van der Waals surface area contributed by atoms with Gasteiger partial charge >= 0.3 is 0 Å². The van der Waals surface area contributed by atoms with E-state index in [2.05, 4.69) is 4.72 Å². The second kappa shape index (κ2) is 6.65. The molecule has 5 rings (SSSR count). The van der Waals surface area contributed by atoms with Crippen LogP contribution in [-0.4, -0.2) is 33.4 Å². The van der Waals surface area contributed by atoms with Gasteiger partial charge in [0.15, 0.2) is 6.29 Å². The summed E-state index contributed by atoms with van der Waals surface area (Å²) in [5.74, 6) is -0.104. The van der Waals surface area contributed by atoms with E-state index in [1.165, 1.54) is 24.2 Å². The molecule has 0 bridgehead atoms. The van der Waals surface area contributed by atoms with Gasteiger partial charge in [0.05, 0.1) is 16.7 Å². The van der Waals surface area contributed by atoms with Crippen molar-refractivity contribution in [2.45, 2.75) is 43.9 Å². The summed E-state index contributed by atoms with van der Waals surface area (Å²) < 4.78 is 26.1. The van der Waals surface area contributed by atoms with Crippen molar-refractivity contribution in [2.24, 2.45) is 5.41 Å². The number of hydrogen-bond donors (Lipinski definition) is 1. The SMILES string of the molecule is CS(=O)(=O)Nc1ccc2c(c1)C1(CCC3(CC3)CC1)CN2C(=O)c1csc(C=O)c1. The molecule has 2 aliphatic carbocycles. The van der Waals surface area contributed by atoms with Crippen LogP contribution in [0.15, 0.2) is 29.6 Å². The molecule has 0 unspecified atom stereocenters. The number of benzene rings is 1. The Balaban J connectivity index is 1.53. The first kappa shape index (κ1) is 19.8. The van der Waals surface area contributed by atoms with Gasteiger partial charge in [-0.15, -0.1) is 11.3 Å². The van der Waals surface area contributed by atoms with Crippen LogP contribution in [0.4, 0.5) is 11.4 Å². The predicted octanol–water partition coefficient (Wildman–Crippen LogP) is 4.18. The number of nitrogens with zero attached hydrogens (tertiary/aromatic N) is 1. The first-order valence-corrected chi connectivity index (χ1v) is 13.0. The van der Waals surface area contributed by atoms with Crippen molar-refractivity contribution in [2.75, 3.05) is 22.4 Å². The summed E-state index contributed by atoms with van der Waals surface area (Å²) in [6.07, 6.45) is 8.85. The molecule has 1 amide bonds. The standard InChI is InChI=1S/C22H24N2O4S2/c1-30(27,28)23-16-2-3-19-18(11-16)22(8-6-21(4-5-21)7-9-22)14-24(19)20(26)15-10-17(12-25)29-13-15/h2-3,10-13,23H,4-9,14H2,1H3. The number of fused-ring (bicyclic) bond motifs is 2. The fourth-order valence-corrected chi connectivity index (χ4v) is 6.41. The lowest BCUT2D eigenvalue weighted by molar-refractivity contribution is 0.0980. The molecule has 30 heavy (non-hydrogen) atoms. The molecule has 1 aromatic heterocycles. The van der Waals surface area contributed by atoms with E-state index in [1.54, 1.807) is 17.5 Å². The van der Waals surface area contributed by atoms with Crippen molar-refractivity contribution in [1.29, 1.82) is 0 Å². The molecule has 158 valence electrons. The predicted molar refractivity (Wildman–Crippen MR) is 118 cm³/mol. The first-order valence-electron chi connectivity index (χ1n) is 10.2. The number of carbonyl (C=O) groups is 2. The second-order valence-electron chi connectivity index (χ2n) is 9.13. The molecule has 2 spiro atoms. The van der Waals surface area contributed by atoms with Gasteiger partial charge in [0, 0.05) is 28.7 Å². The maximum absolute atomic E-state index is 13.3. The average Bonchev–Trinajstić information content (AvgIpc) is 3.17. The molecule has 3 aliphatic rings. The summed E-state index contributed by atoms with van der Waals surface area (Å²) in [6.45, 7) is 0.603. The number of carbonyl (C=O) groups excluding carboxylic acids is 2. The summed E-state index contributed by atoms with van der Waals surface area (Å²) in [4.78, 5) is 26.7. The fourth-order valence-electron chi connectivity index (χ4n) is 5.17. The number of amides is 1. The minimum atomic E-state index is -3.38. The minimum Gasteiger partial charge on any atom is -0.307 e. The van der Waals surface area contributed by atoms with Gasteiger partial charge in [0.25, 0.3) is 5.91 Å². The molecular formula is C22H24N2O4S2. The zero-order valence-electron chi connectivity index (χ0n) is 16.8. The lowest BCUT2D eigenvalue weighted by atomic mass is 9.66. The molecule has 8 heteroatoms. The van der Waals surface area contributed by atoms with E-state index in [9.17, 15) is 18.0 Å². The van der Waals surface area contributed by atoms with Crippen molar-refractivity contribution >= 4 is 44.9 Å². The van der Waals surface area contributed by atoms with Gasteiger partial charge in [-0.3, -0.25) is 14.3 Å². The third kappa shape index (κ3) is 3.36. The zero-order valence-corrected chi connectivity index (χ0v) is 18.4. The van der Waals surface area contributed by atoms with Crippen LogP contribution in [0.1, 0.15) is 64.1 Å². The van der Waals surface area contributed by atoms with Gasteiger partial charge in [-0.05, 0) is 73.8 Å². The molecule has 6 nitrogen and oxygen atoms in total. The van der Waals surface area contributed by atoms with Crippen molar-refractivity contribution < 1.29 is 18.0 Å². The number of nitrogens with one attached hydrogen (secondary N) is 1. The van der Waals surface area contributed by atoms with Crippen molar-refractivity contribution in [1.82, 2.24) is 0 Å². The van der Waals surface area contributed by atoms with Crippen LogP contribution in [0.3, 0.4) is 0 Å². The molecule has 1 aliphatic heterocycles. The quantitative estimate of drug-likeness (QED) is 0.717. The van der Waals surface area contributed by atoms with E-state index in [0.29, 0.717) is 28.1 Å². The summed E-state index contributed by atoms with van der Waals surface area (Å²) in [7, 11) is -3.38. The van der Waals surface area contributed by atoms with E-state index >= 15 is 0 Å². The first-order chi connectivity index (χ1) is 14.2.